The van der Waals surface area contributed by atoms with Crippen LogP contribution in [0.25, 0.3) is 0 Å². The summed E-state index contributed by atoms with van der Waals surface area (Å²) in [6, 6.07) is 16.8. The van der Waals surface area contributed by atoms with Gasteiger partial charge < -0.3 is 19.6 Å². The van der Waals surface area contributed by atoms with Crippen molar-refractivity contribution in [2.45, 2.75) is 39.5 Å². The Kier molecular flexibility index (Phi) is 9.34. The molecule has 0 radical (unpaired) electrons. The second kappa shape index (κ2) is 12.2. The van der Waals surface area contributed by atoms with Crippen LogP contribution < -0.4 is 4.74 Å². The van der Waals surface area contributed by atoms with E-state index in [1.54, 1.807) is 0 Å². The van der Waals surface area contributed by atoms with Crippen LogP contribution in [-0.4, -0.2) is 78.8 Å². The number of likely N-dealkylation sites (N-methyl/N-ethyl adjacent to an activating group) is 2. The van der Waals surface area contributed by atoms with Crippen molar-refractivity contribution in [3.8, 4) is 5.75 Å². The fraction of sp³-hybridized carbons (Fsp3) is 0.538. The van der Waals surface area contributed by atoms with Crippen molar-refractivity contribution in [2.75, 3.05) is 52.9 Å². The summed E-state index contributed by atoms with van der Waals surface area (Å²) in [5.41, 5.74) is 4.05. The van der Waals surface area contributed by atoms with Crippen molar-refractivity contribution < 1.29 is 9.84 Å². The quantitative estimate of drug-likeness (QED) is 0.565. The second-order valence-corrected chi connectivity index (χ2v) is 8.63. The van der Waals surface area contributed by atoms with E-state index in [0.717, 1.165) is 58.0 Å². The molecule has 0 fully saturated rings. The molecule has 0 bridgehead atoms. The van der Waals surface area contributed by atoms with Crippen LogP contribution in [0.2, 0.25) is 0 Å². The molecule has 170 valence electrons. The number of rotatable bonds is 12. The van der Waals surface area contributed by atoms with Gasteiger partial charge in [-0.05, 0) is 55.4 Å². The number of aliphatic hydroxyl groups excluding tert-OH is 1. The number of fused-ring (bicyclic) bond motifs is 1. The Balaban J connectivity index is 1.42. The lowest BCUT2D eigenvalue weighted by Crippen LogP contribution is -2.38. The van der Waals surface area contributed by atoms with Gasteiger partial charge in [-0.1, -0.05) is 50.2 Å². The molecule has 1 aliphatic heterocycles. The van der Waals surface area contributed by atoms with Crippen LogP contribution in [0.15, 0.2) is 48.5 Å². The van der Waals surface area contributed by atoms with E-state index in [0.29, 0.717) is 13.2 Å². The maximum atomic E-state index is 10.5. The standard InChI is InChI=1S/C26H39N3O2/c1-4-28(5-2)16-15-27(3)18-22-9-8-12-26(17-22)31-21-25(30)20-29-14-13-23-10-6-7-11-24(23)19-29/h6-12,17,25,30H,4-5,13-16,18-21H2,1-3H3/t25-/m1/s1. The summed E-state index contributed by atoms with van der Waals surface area (Å²) in [6.07, 6.45) is 0.554. The van der Waals surface area contributed by atoms with Gasteiger partial charge in [0.1, 0.15) is 18.5 Å². The van der Waals surface area contributed by atoms with Crippen LogP contribution in [-0.2, 0) is 19.5 Å². The summed E-state index contributed by atoms with van der Waals surface area (Å²) in [7, 11) is 2.16. The number of aliphatic hydroxyl groups is 1. The van der Waals surface area contributed by atoms with Gasteiger partial charge in [0.25, 0.3) is 0 Å². The average molecular weight is 426 g/mol. The maximum Gasteiger partial charge on any atom is 0.119 e. The third-order valence-corrected chi connectivity index (χ3v) is 6.16. The van der Waals surface area contributed by atoms with E-state index in [1.807, 2.05) is 12.1 Å². The zero-order chi connectivity index (χ0) is 22.1. The molecule has 0 unspecified atom stereocenters. The summed E-state index contributed by atoms with van der Waals surface area (Å²) in [5, 5.41) is 10.5. The molecule has 3 rings (SSSR count). The van der Waals surface area contributed by atoms with E-state index >= 15 is 0 Å². The minimum Gasteiger partial charge on any atom is -0.491 e. The Morgan fingerprint density at radius 1 is 1.03 bits per heavy atom. The molecule has 1 heterocycles. The summed E-state index contributed by atoms with van der Waals surface area (Å²) in [4.78, 5) is 7.11. The molecule has 5 nitrogen and oxygen atoms in total. The van der Waals surface area contributed by atoms with Crippen LogP contribution in [0.4, 0.5) is 0 Å². The van der Waals surface area contributed by atoms with Crippen LogP contribution in [0.3, 0.4) is 0 Å². The predicted molar refractivity (Wildman–Crippen MR) is 127 cm³/mol. The molecular weight excluding hydrogens is 386 g/mol. The number of hydrogen-bond donors (Lipinski definition) is 1. The Morgan fingerprint density at radius 3 is 2.58 bits per heavy atom. The van der Waals surface area contributed by atoms with Gasteiger partial charge >= 0.3 is 0 Å². The molecule has 2 aromatic rings. The van der Waals surface area contributed by atoms with Gasteiger partial charge in [0.2, 0.25) is 0 Å². The molecule has 1 N–H and O–H groups in total. The molecule has 0 aliphatic carbocycles. The van der Waals surface area contributed by atoms with Crippen LogP contribution >= 0.6 is 0 Å². The molecule has 2 aromatic carbocycles. The van der Waals surface area contributed by atoms with E-state index < -0.39 is 6.10 Å². The summed E-state index contributed by atoms with van der Waals surface area (Å²) in [5.74, 6) is 0.831. The SMILES string of the molecule is CCN(CC)CCN(C)Cc1cccc(OC[C@H](O)CN2CCc3ccccc3C2)c1. The Bertz CT molecular complexity index is 794. The van der Waals surface area contributed by atoms with Crippen LogP contribution in [0.5, 0.6) is 5.75 Å². The first kappa shape index (κ1) is 23.7. The predicted octanol–water partition coefficient (Wildman–Crippen LogP) is 3.26. The summed E-state index contributed by atoms with van der Waals surface area (Å²) in [6.45, 7) is 12.5. The van der Waals surface area contributed by atoms with E-state index in [4.69, 9.17) is 4.74 Å². The highest BCUT2D eigenvalue weighted by atomic mass is 16.5. The lowest BCUT2D eigenvalue weighted by atomic mass is 10.00. The highest BCUT2D eigenvalue weighted by Gasteiger charge is 2.18. The Morgan fingerprint density at radius 2 is 1.81 bits per heavy atom. The van der Waals surface area contributed by atoms with Crippen molar-refractivity contribution in [2.24, 2.45) is 0 Å². The third-order valence-electron chi connectivity index (χ3n) is 6.16. The first-order valence-electron chi connectivity index (χ1n) is 11.7. The molecule has 31 heavy (non-hydrogen) atoms. The zero-order valence-electron chi connectivity index (χ0n) is 19.5. The lowest BCUT2D eigenvalue weighted by Gasteiger charge is -2.30. The van der Waals surface area contributed by atoms with Gasteiger partial charge in [0, 0.05) is 39.3 Å². The lowest BCUT2D eigenvalue weighted by molar-refractivity contribution is 0.0637. The van der Waals surface area contributed by atoms with Gasteiger partial charge in [-0.15, -0.1) is 0 Å². The largest absolute Gasteiger partial charge is 0.491 e. The first-order valence-corrected chi connectivity index (χ1v) is 11.7. The fourth-order valence-electron chi connectivity index (χ4n) is 4.23. The summed E-state index contributed by atoms with van der Waals surface area (Å²) < 4.78 is 5.93. The summed E-state index contributed by atoms with van der Waals surface area (Å²) >= 11 is 0. The number of benzene rings is 2. The highest BCUT2D eigenvalue weighted by molar-refractivity contribution is 5.29. The third kappa shape index (κ3) is 7.62. The van der Waals surface area contributed by atoms with Gasteiger partial charge in [-0.25, -0.2) is 0 Å². The second-order valence-electron chi connectivity index (χ2n) is 8.63. The number of nitrogens with zero attached hydrogens (tertiary/aromatic N) is 3. The van der Waals surface area contributed by atoms with Gasteiger partial charge in [0.15, 0.2) is 0 Å². The molecule has 1 atom stereocenters. The monoisotopic (exact) mass is 425 g/mol. The zero-order valence-corrected chi connectivity index (χ0v) is 19.5. The van der Waals surface area contributed by atoms with E-state index in [1.165, 1.54) is 16.7 Å². The van der Waals surface area contributed by atoms with Crippen molar-refractivity contribution in [1.82, 2.24) is 14.7 Å². The van der Waals surface area contributed by atoms with E-state index in [-0.39, 0.29) is 0 Å². The van der Waals surface area contributed by atoms with Crippen LogP contribution in [0, 0.1) is 0 Å². The Labute approximate surface area is 188 Å². The normalized spacial score (nSPS) is 15.3. The Hall–Kier alpha value is -1.92. The molecule has 0 amide bonds. The molecule has 1 aliphatic rings. The highest BCUT2D eigenvalue weighted by Crippen LogP contribution is 2.19. The van der Waals surface area contributed by atoms with E-state index in [2.05, 4.69) is 72.0 Å². The molecule has 0 spiro atoms. The topological polar surface area (TPSA) is 39.2 Å². The number of ether oxygens (including phenoxy) is 1. The number of hydrogen-bond acceptors (Lipinski definition) is 5. The molecule has 0 saturated carbocycles. The maximum absolute atomic E-state index is 10.5. The van der Waals surface area contributed by atoms with Crippen molar-refractivity contribution in [1.29, 1.82) is 0 Å². The van der Waals surface area contributed by atoms with E-state index in [9.17, 15) is 5.11 Å². The molecule has 0 aromatic heterocycles. The van der Waals surface area contributed by atoms with Gasteiger partial charge in [0.05, 0.1) is 0 Å². The molecular formula is C26H39N3O2. The number of β-amino-alcohol motifs (C(OH)–C–C–N with tert-alkyl or cyclic N) is 1. The van der Waals surface area contributed by atoms with Crippen molar-refractivity contribution in [3.05, 3.63) is 65.2 Å². The minimum atomic E-state index is -0.495. The smallest absolute Gasteiger partial charge is 0.119 e. The van der Waals surface area contributed by atoms with Crippen molar-refractivity contribution >= 4 is 0 Å². The van der Waals surface area contributed by atoms with Gasteiger partial charge in [-0.2, -0.15) is 0 Å². The molecule has 5 heteroatoms. The van der Waals surface area contributed by atoms with Gasteiger partial charge in [-0.3, -0.25) is 4.90 Å². The fourth-order valence-corrected chi connectivity index (χ4v) is 4.23. The minimum absolute atomic E-state index is 0.319. The molecule has 0 saturated heterocycles. The average Bonchev–Trinajstić information content (AvgIpc) is 2.78. The first-order chi connectivity index (χ1) is 15.1. The van der Waals surface area contributed by atoms with Crippen molar-refractivity contribution in [3.63, 3.8) is 0 Å². The van der Waals surface area contributed by atoms with Crippen LogP contribution in [0.1, 0.15) is 30.5 Å².